The zero-order chi connectivity index (χ0) is 12.3. The summed E-state index contributed by atoms with van der Waals surface area (Å²) in [6.07, 6.45) is 2.58. The zero-order valence-electron chi connectivity index (χ0n) is 10.9. The Morgan fingerprint density at radius 2 is 2.47 bits per heavy atom. The molecule has 0 bridgehead atoms. The lowest BCUT2D eigenvalue weighted by molar-refractivity contribution is 0.0956. The summed E-state index contributed by atoms with van der Waals surface area (Å²) in [6, 6.07) is 0.503. The quantitative estimate of drug-likeness (QED) is 0.876. The highest BCUT2D eigenvalue weighted by atomic mass is 32.1. The molecule has 0 amide bonds. The van der Waals surface area contributed by atoms with Crippen LogP contribution in [0.1, 0.15) is 31.0 Å². The fourth-order valence-electron chi connectivity index (χ4n) is 2.60. The van der Waals surface area contributed by atoms with Gasteiger partial charge in [-0.2, -0.15) is 0 Å². The maximum Gasteiger partial charge on any atom is 0.0943 e. The van der Waals surface area contributed by atoms with E-state index in [2.05, 4.69) is 36.5 Å². The molecule has 0 spiro atoms. The lowest BCUT2D eigenvalue weighted by Gasteiger charge is -2.25. The molecule has 1 aromatic rings. The van der Waals surface area contributed by atoms with Crippen molar-refractivity contribution in [2.24, 2.45) is 5.92 Å². The first kappa shape index (κ1) is 13.0. The average Bonchev–Trinajstić information content (AvgIpc) is 2.87. The number of hydrogen-bond donors (Lipinski definition) is 1. The van der Waals surface area contributed by atoms with Crippen LogP contribution in [0.5, 0.6) is 0 Å². The molecule has 4 heteroatoms. The summed E-state index contributed by atoms with van der Waals surface area (Å²) in [5, 5.41) is 6.97. The van der Waals surface area contributed by atoms with Crippen molar-refractivity contribution >= 4 is 11.3 Å². The summed E-state index contributed by atoms with van der Waals surface area (Å²) < 4.78 is 5.68. The van der Waals surface area contributed by atoms with Gasteiger partial charge in [-0.15, -0.1) is 11.3 Å². The molecule has 1 aromatic heterocycles. The predicted molar refractivity (Wildman–Crippen MR) is 71.5 cm³/mol. The monoisotopic (exact) mass is 254 g/mol. The van der Waals surface area contributed by atoms with Crippen LogP contribution >= 0.6 is 11.3 Å². The van der Waals surface area contributed by atoms with Gasteiger partial charge in [0.2, 0.25) is 0 Å². The van der Waals surface area contributed by atoms with Crippen LogP contribution in [-0.2, 0) is 11.2 Å². The fraction of sp³-hybridized carbons (Fsp3) is 0.769. The number of thiazole rings is 1. The van der Waals surface area contributed by atoms with E-state index >= 15 is 0 Å². The van der Waals surface area contributed by atoms with E-state index in [4.69, 9.17) is 4.74 Å². The van der Waals surface area contributed by atoms with Crippen LogP contribution in [0, 0.1) is 12.8 Å². The number of nitrogens with zero attached hydrogens (tertiary/aromatic N) is 1. The molecule has 2 heterocycles. The van der Waals surface area contributed by atoms with Crippen LogP contribution < -0.4 is 5.32 Å². The normalized spacial score (nSPS) is 26.3. The number of likely N-dealkylation sites (N-methyl/N-ethyl adjacent to an activating group) is 1. The van der Waals surface area contributed by atoms with E-state index in [1.165, 1.54) is 11.4 Å². The highest BCUT2D eigenvalue weighted by Crippen LogP contribution is 2.26. The molecule has 1 saturated heterocycles. The summed E-state index contributed by atoms with van der Waals surface area (Å²) in [6.45, 7) is 8.34. The summed E-state index contributed by atoms with van der Waals surface area (Å²) in [4.78, 5) is 4.57. The molecule has 0 saturated carbocycles. The standard InChI is InChI=1S/C13H22N2OS/c1-4-14-12(11-5-6-16-10(11)3)7-13-15-9(2)8-17-13/h8,10-12,14H,4-7H2,1-3H3. The van der Waals surface area contributed by atoms with Gasteiger partial charge in [-0.1, -0.05) is 6.92 Å². The van der Waals surface area contributed by atoms with Gasteiger partial charge >= 0.3 is 0 Å². The highest BCUT2D eigenvalue weighted by Gasteiger charge is 2.31. The van der Waals surface area contributed by atoms with Crippen molar-refractivity contribution in [2.75, 3.05) is 13.2 Å². The lowest BCUT2D eigenvalue weighted by atomic mass is 9.91. The molecule has 0 aromatic carbocycles. The number of nitrogens with one attached hydrogen (secondary N) is 1. The van der Waals surface area contributed by atoms with E-state index in [0.29, 0.717) is 18.1 Å². The molecule has 17 heavy (non-hydrogen) atoms. The first-order valence-electron chi connectivity index (χ1n) is 6.46. The second-order valence-corrected chi connectivity index (χ2v) is 5.72. The molecule has 3 atom stereocenters. The van der Waals surface area contributed by atoms with E-state index in [-0.39, 0.29) is 0 Å². The Labute approximate surface area is 108 Å². The van der Waals surface area contributed by atoms with Gasteiger partial charge in [0.15, 0.2) is 0 Å². The molecule has 1 fully saturated rings. The Morgan fingerprint density at radius 1 is 1.65 bits per heavy atom. The predicted octanol–water partition coefficient (Wildman–Crippen LogP) is 2.40. The number of ether oxygens (including phenoxy) is 1. The van der Waals surface area contributed by atoms with Gasteiger partial charge < -0.3 is 10.1 Å². The molecule has 3 unspecified atom stereocenters. The van der Waals surface area contributed by atoms with E-state index in [0.717, 1.165) is 25.3 Å². The van der Waals surface area contributed by atoms with Crippen molar-refractivity contribution in [3.63, 3.8) is 0 Å². The maximum absolute atomic E-state index is 5.68. The molecular weight excluding hydrogens is 232 g/mol. The number of aryl methyl sites for hydroxylation is 1. The third-order valence-electron chi connectivity index (χ3n) is 3.48. The van der Waals surface area contributed by atoms with Crippen LogP contribution in [0.25, 0.3) is 0 Å². The van der Waals surface area contributed by atoms with Gasteiger partial charge in [0, 0.05) is 36.1 Å². The molecule has 0 aliphatic carbocycles. The van der Waals surface area contributed by atoms with Gasteiger partial charge in [0.1, 0.15) is 0 Å². The Bertz CT molecular complexity index is 353. The van der Waals surface area contributed by atoms with Crippen molar-refractivity contribution in [1.29, 1.82) is 0 Å². The molecule has 0 radical (unpaired) electrons. The number of aromatic nitrogens is 1. The Hall–Kier alpha value is -0.450. The minimum absolute atomic E-state index is 0.375. The topological polar surface area (TPSA) is 34.2 Å². The minimum Gasteiger partial charge on any atom is -0.378 e. The lowest BCUT2D eigenvalue weighted by Crippen LogP contribution is -2.40. The van der Waals surface area contributed by atoms with Gasteiger partial charge in [0.05, 0.1) is 11.1 Å². The molecule has 2 rings (SSSR count). The second-order valence-electron chi connectivity index (χ2n) is 4.78. The summed E-state index contributed by atoms with van der Waals surface area (Å²) >= 11 is 1.77. The van der Waals surface area contributed by atoms with Crippen molar-refractivity contribution in [2.45, 2.75) is 45.8 Å². The first-order valence-corrected chi connectivity index (χ1v) is 7.34. The van der Waals surface area contributed by atoms with Crippen LogP contribution in [-0.4, -0.2) is 30.3 Å². The fourth-order valence-corrected chi connectivity index (χ4v) is 3.43. The molecular formula is C13H22N2OS. The van der Waals surface area contributed by atoms with Crippen LogP contribution in [0.2, 0.25) is 0 Å². The van der Waals surface area contributed by atoms with Gasteiger partial charge in [0.25, 0.3) is 0 Å². The van der Waals surface area contributed by atoms with Crippen molar-refractivity contribution in [3.05, 3.63) is 16.1 Å². The molecule has 1 aliphatic heterocycles. The third-order valence-corrected chi connectivity index (χ3v) is 4.47. The molecule has 96 valence electrons. The van der Waals surface area contributed by atoms with Gasteiger partial charge in [-0.3, -0.25) is 0 Å². The second kappa shape index (κ2) is 5.94. The van der Waals surface area contributed by atoms with Crippen LogP contribution in [0.3, 0.4) is 0 Å². The van der Waals surface area contributed by atoms with Crippen molar-refractivity contribution in [3.8, 4) is 0 Å². The van der Waals surface area contributed by atoms with Gasteiger partial charge in [-0.05, 0) is 26.8 Å². The summed E-state index contributed by atoms with van der Waals surface area (Å²) in [7, 11) is 0. The van der Waals surface area contributed by atoms with Crippen molar-refractivity contribution < 1.29 is 4.74 Å². The smallest absolute Gasteiger partial charge is 0.0943 e. The Balaban J connectivity index is 2.01. The largest absolute Gasteiger partial charge is 0.378 e. The first-order chi connectivity index (χ1) is 8.20. The average molecular weight is 254 g/mol. The molecule has 1 aliphatic rings. The number of hydrogen-bond acceptors (Lipinski definition) is 4. The Morgan fingerprint density at radius 3 is 3.00 bits per heavy atom. The Kier molecular flexibility index (Phi) is 4.54. The van der Waals surface area contributed by atoms with E-state index in [1.54, 1.807) is 11.3 Å². The minimum atomic E-state index is 0.375. The van der Waals surface area contributed by atoms with Crippen LogP contribution in [0.15, 0.2) is 5.38 Å². The zero-order valence-corrected chi connectivity index (χ0v) is 11.7. The van der Waals surface area contributed by atoms with E-state index in [1.807, 2.05) is 0 Å². The molecule has 3 nitrogen and oxygen atoms in total. The van der Waals surface area contributed by atoms with Crippen molar-refractivity contribution in [1.82, 2.24) is 10.3 Å². The summed E-state index contributed by atoms with van der Waals surface area (Å²) in [5.41, 5.74) is 1.14. The number of rotatable bonds is 5. The third kappa shape index (κ3) is 3.27. The summed E-state index contributed by atoms with van der Waals surface area (Å²) in [5.74, 6) is 0.624. The maximum atomic E-state index is 5.68. The van der Waals surface area contributed by atoms with Crippen LogP contribution in [0.4, 0.5) is 0 Å². The van der Waals surface area contributed by atoms with Gasteiger partial charge in [-0.25, -0.2) is 4.98 Å². The SMILES string of the molecule is CCNC(Cc1nc(C)cs1)C1CCOC1C. The van der Waals surface area contributed by atoms with E-state index < -0.39 is 0 Å². The highest BCUT2D eigenvalue weighted by molar-refractivity contribution is 7.09. The van der Waals surface area contributed by atoms with E-state index in [9.17, 15) is 0 Å². The molecule has 1 N–H and O–H groups in total.